The minimum atomic E-state index is 0.757. The van der Waals surface area contributed by atoms with Gasteiger partial charge in [0.25, 0.3) is 0 Å². The molecule has 72 heavy (non-hydrogen) atoms. The Morgan fingerprint density at radius 2 is 0.931 bits per heavy atom. The van der Waals surface area contributed by atoms with Crippen molar-refractivity contribution in [2.24, 2.45) is 4.99 Å². The third-order valence-corrected chi connectivity index (χ3v) is 14.4. The Labute approximate surface area is 415 Å². The molecule has 0 saturated heterocycles. The van der Waals surface area contributed by atoms with Crippen molar-refractivity contribution in [2.75, 3.05) is 0 Å². The highest BCUT2D eigenvalue weighted by molar-refractivity contribution is 6.15. The van der Waals surface area contributed by atoms with E-state index in [9.17, 15) is 0 Å². The van der Waals surface area contributed by atoms with Gasteiger partial charge in [-0.3, -0.25) is 0 Å². The zero-order chi connectivity index (χ0) is 47.7. The van der Waals surface area contributed by atoms with Crippen molar-refractivity contribution in [3.8, 4) is 39.1 Å². The van der Waals surface area contributed by atoms with Crippen molar-refractivity contribution >= 4 is 82.9 Å². The van der Waals surface area contributed by atoms with Crippen molar-refractivity contribution in [3.63, 3.8) is 0 Å². The largest absolute Gasteiger partial charge is 0.456 e. The molecule has 13 aromatic rings. The normalized spacial score (nSPS) is 14.0. The van der Waals surface area contributed by atoms with E-state index in [2.05, 4.69) is 229 Å². The molecule has 1 N–H and O–H groups in total. The van der Waals surface area contributed by atoms with Crippen LogP contribution in [0.4, 0.5) is 0 Å². The van der Waals surface area contributed by atoms with Crippen LogP contribution < -0.4 is 5.32 Å². The summed E-state index contributed by atoms with van der Waals surface area (Å²) in [5.41, 5.74) is 20.2. The Kier molecular flexibility index (Phi) is 9.75. The Bertz CT molecular complexity index is 4380. The third kappa shape index (κ3) is 7.05. The number of allylic oxidation sites excluding steroid dienone is 2. The molecule has 5 nitrogen and oxygen atoms in total. The smallest absolute Gasteiger partial charge is 0.138 e. The Morgan fingerprint density at radius 3 is 1.65 bits per heavy atom. The number of para-hydroxylation sites is 2. The average Bonchev–Trinajstić information content (AvgIpc) is 4.11. The summed E-state index contributed by atoms with van der Waals surface area (Å²) in [6.45, 7) is 2.22. The maximum atomic E-state index is 6.64. The van der Waals surface area contributed by atoms with E-state index in [1.807, 2.05) is 24.3 Å². The van der Waals surface area contributed by atoms with Gasteiger partial charge in [0.2, 0.25) is 0 Å². The highest BCUT2D eigenvalue weighted by Gasteiger charge is 2.20. The molecule has 0 amide bonds. The molecule has 340 valence electrons. The Morgan fingerprint density at radius 1 is 0.403 bits per heavy atom. The summed E-state index contributed by atoms with van der Waals surface area (Å²) in [5, 5.41) is 10.6. The molecule has 0 spiro atoms. The first-order valence-electron chi connectivity index (χ1n) is 24.6. The molecule has 0 radical (unpaired) electrons. The number of rotatable bonds is 7. The van der Waals surface area contributed by atoms with Crippen LogP contribution in [0.2, 0.25) is 0 Å². The van der Waals surface area contributed by atoms with Gasteiger partial charge in [-0.2, -0.15) is 0 Å². The number of furan rings is 2. The highest BCUT2D eigenvalue weighted by Crippen LogP contribution is 2.42. The van der Waals surface area contributed by atoms with Crippen LogP contribution in [0.1, 0.15) is 30.0 Å². The summed E-state index contributed by atoms with van der Waals surface area (Å²) in [6.07, 6.45) is 3.00. The van der Waals surface area contributed by atoms with Crippen LogP contribution in [0, 0.1) is 0 Å². The minimum absolute atomic E-state index is 0.757. The van der Waals surface area contributed by atoms with Crippen LogP contribution in [0.3, 0.4) is 0 Å². The number of benzene rings is 10. The molecule has 1 aliphatic heterocycles. The van der Waals surface area contributed by atoms with E-state index in [0.29, 0.717) is 0 Å². The lowest BCUT2D eigenvalue weighted by atomic mass is 9.94. The predicted octanol–water partition coefficient (Wildman–Crippen LogP) is 17.8. The number of amidine groups is 1. The van der Waals surface area contributed by atoms with E-state index >= 15 is 0 Å². The second-order valence-electron chi connectivity index (χ2n) is 18.8. The number of hydrogen-bond acceptors (Lipinski definition) is 4. The average molecular weight is 924 g/mol. The molecular formula is C67H45N3O2. The van der Waals surface area contributed by atoms with Crippen molar-refractivity contribution < 1.29 is 8.83 Å². The number of nitrogens with one attached hydrogen (secondary N) is 1. The lowest BCUT2D eigenvalue weighted by molar-refractivity contribution is 0.668. The van der Waals surface area contributed by atoms with Crippen LogP contribution in [0.5, 0.6) is 0 Å². The van der Waals surface area contributed by atoms with E-state index < -0.39 is 0 Å². The SMILES string of the molecule is CC1=C(c2cccc(-c3cccc4oc5ccc(-c6ccc7c(c6)c6cc(-c8ccc9oc%10ccccc%10c9c8)ccc6n7-c6ccccc6)cc5c34)c2)NC(c2ccccc2)=N/C(c2ccccc2)=C/C1. The summed E-state index contributed by atoms with van der Waals surface area (Å²) in [4.78, 5) is 5.26. The molecule has 0 fully saturated rings. The summed E-state index contributed by atoms with van der Waals surface area (Å²) in [7, 11) is 0. The van der Waals surface area contributed by atoms with Crippen molar-refractivity contribution in [2.45, 2.75) is 13.3 Å². The predicted molar refractivity (Wildman–Crippen MR) is 299 cm³/mol. The molecular weight excluding hydrogens is 879 g/mol. The van der Waals surface area contributed by atoms with Gasteiger partial charge in [0.05, 0.1) is 16.7 Å². The standard InChI is InChI=1S/C67H45N3O2/c1-42-27-32-58(43-15-5-2-6-16-43)68-67(44-17-7-3-8-18-44)69-66(42)50-20-13-19-49(37-50)52-24-14-26-64-65(52)57-41-48(31-36-63(57)72-64)46-29-34-60-55(39-46)54-38-45(28-33-59(54)70(60)51-21-9-4-10-22-51)47-30-35-62-56(40-47)53-23-11-12-25-61(53)71-62/h2-26,28-41H,27H2,1H3,(H,68,69)/b58-32+,66-42?. The van der Waals surface area contributed by atoms with Gasteiger partial charge in [-0.25, -0.2) is 4.99 Å². The maximum Gasteiger partial charge on any atom is 0.138 e. The summed E-state index contributed by atoms with van der Waals surface area (Å²) in [6, 6.07) is 82.0. The monoisotopic (exact) mass is 923 g/mol. The zero-order valence-electron chi connectivity index (χ0n) is 39.4. The Hall–Kier alpha value is -9.45. The number of aliphatic imine (C=N–C) groups is 1. The van der Waals surface area contributed by atoms with Gasteiger partial charge in [0.1, 0.15) is 28.2 Å². The fraction of sp³-hybridized carbons (Fsp3) is 0.0299. The zero-order valence-corrected chi connectivity index (χ0v) is 39.4. The van der Waals surface area contributed by atoms with Gasteiger partial charge in [-0.15, -0.1) is 0 Å². The number of nitrogens with zero attached hydrogens (tertiary/aromatic N) is 2. The second-order valence-corrected chi connectivity index (χ2v) is 18.8. The van der Waals surface area contributed by atoms with Gasteiger partial charge in [-0.1, -0.05) is 158 Å². The summed E-state index contributed by atoms with van der Waals surface area (Å²) >= 11 is 0. The first kappa shape index (κ1) is 41.5. The highest BCUT2D eigenvalue weighted by atomic mass is 16.3. The number of fused-ring (bicyclic) bond motifs is 9. The van der Waals surface area contributed by atoms with E-state index in [-0.39, 0.29) is 0 Å². The third-order valence-electron chi connectivity index (χ3n) is 14.4. The molecule has 0 aliphatic carbocycles. The first-order chi connectivity index (χ1) is 35.6. The van der Waals surface area contributed by atoms with Crippen LogP contribution in [-0.2, 0) is 0 Å². The quantitative estimate of drug-likeness (QED) is 0.173. The van der Waals surface area contributed by atoms with Crippen LogP contribution in [-0.4, -0.2) is 10.4 Å². The maximum absolute atomic E-state index is 6.64. The first-order valence-corrected chi connectivity index (χ1v) is 24.6. The van der Waals surface area contributed by atoms with E-state index in [0.717, 1.165) is 134 Å². The second kappa shape index (κ2) is 16.9. The van der Waals surface area contributed by atoms with Gasteiger partial charge >= 0.3 is 0 Å². The lowest BCUT2D eigenvalue weighted by Crippen LogP contribution is -2.25. The topological polar surface area (TPSA) is 55.6 Å². The molecule has 3 aromatic heterocycles. The van der Waals surface area contributed by atoms with Crippen molar-refractivity contribution in [1.29, 1.82) is 0 Å². The molecule has 4 heterocycles. The van der Waals surface area contributed by atoms with E-state index in [1.54, 1.807) is 0 Å². The number of aromatic nitrogens is 1. The van der Waals surface area contributed by atoms with E-state index in [4.69, 9.17) is 13.8 Å². The van der Waals surface area contributed by atoms with Crippen molar-refractivity contribution in [3.05, 3.63) is 259 Å². The molecule has 1 aliphatic rings. The fourth-order valence-electron chi connectivity index (χ4n) is 10.8. The molecule has 0 atom stereocenters. The minimum Gasteiger partial charge on any atom is -0.456 e. The molecule has 14 rings (SSSR count). The van der Waals surface area contributed by atoms with Gasteiger partial charge in [0.15, 0.2) is 0 Å². The van der Waals surface area contributed by atoms with Gasteiger partial charge in [0, 0.05) is 49.3 Å². The van der Waals surface area contributed by atoms with Crippen molar-refractivity contribution in [1.82, 2.24) is 9.88 Å². The van der Waals surface area contributed by atoms with Crippen LogP contribution >= 0.6 is 0 Å². The summed E-state index contributed by atoms with van der Waals surface area (Å²) in [5.74, 6) is 0.810. The molecule has 0 unspecified atom stereocenters. The Balaban J connectivity index is 0.875. The number of hydrogen-bond donors (Lipinski definition) is 1. The molecule has 10 aromatic carbocycles. The molecule has 0 saturated carbocycles. The lowest BCUT2D eigenvalue weighted by Gasteiger charge is -2.21. The molecule has 0 bridgehead atoms. The van der Waals surface area contributed by atoms with Gasteiger partial charge in [-0.05, 0) is 142 Å². The fourth-order valence-corrected chi connectivity index (χ4v) is 10.8. The molecule has 5 heteroatoms. The summed E-state index contributed by atoms with van der Waals surface area (Å²) < 4.78 is 15.2. The van der Waals surface area contributed by atoms with Crippen LogP contribution in [0.25, 0.3) is 116 Å². The van der Waals surface area contributed by atoms with Crippen LogP contribution in [0.15, 0.2) is 256 Å². The van der Waals surface area contributed by atoms with E-state index in [1.165, 1.54) is 16.3 Å². The van der Waals surface area contributed by atoms with Gasteiger partial charge < -0.3 is 18.7 Å².